The summed E-state index contributed by atoms with van der Waals surface area (Å²) in [4.78, 5) is 15.2. The summed E-state index contributed by atoms with van der Waals surface area (Å²) in [5.74, 6) is -0.0951. The van der Waals surface area contributed by atoms with Gasteiger partial charge in [0.05, 0.1) is 11.8 Å². The largest absolute Gasteiger partial charge is 0.361 e. The van der Waals surface area contributed by atoms with Crippen molar-refractivity contribution in [3.05, 3.63) is 51.9 Å². The van der Waals surface area contributed by atoms with Crippen molar-refractivity contribution >= 4 is 32.7 Å². The number of aryl methyl sites for hydroxylation is 1. The van der Waals surface area contributed by atoms with Crippen molar-refractivity contribution < 1.29 is 4.79 Å². The first kappa shape index (κ1) is 13.9. The molecule has 3 N–H and O–H groups in total. The fourth-order valence-electron chi connectivity index (χ4n) is 2.34. The van der Waals surface area contributed by atoms with E-state index >= 15 is 0 Å². The van der Waals surface area contributed by atoms with E-state index < -0.39 is 0 Å². The van der Waals surface area contributed by atoms with Gasteiger partial charge in [0.2, 0.25) is 0 Å². The molecule has 0 spiro atoms. The minimum absolute atomic E-state index is 0.0951. The summed E-state index contributed by atoms with van der Waals surface area (Å²) in [6, 6.07) is 6.13. The van der Waals surface area contributed by atoms with Crippen LogP contribution in [0.1, 0.15) is 21.6 Å². The van der Waals surface area contributed by atoms with E-state index in [4.69, 9.17) is 0 Å². The predicted octanol–water partition coefficient (Wildman–Crippen LogP) is 2.93. The Labute approximate surface area is 130 Å². The second kappa shape index (κ2) is 5.73. The number of benzene rings is 1. The van der Waals surface area contributed by atoms with E-state index in [0.29, 0.717) is 12.1 Å². The average Bonchev–Trinajstić information content (AvgIpc) is 3.05. The molecule has 2 aromatic heterocycles. The highest BCUT2D eigenvalue weighted by atomic mass is 79.9. The summed E-state index contributed by atoms with van der Waals surface area (Å²) >= 11 is 3.48. The monoisotopic (exact) mass is 346 g/mol. The number of hydrogen-bond donors (Lipinski definition) is 3. The lowest BCUT2D eigenvalue weighted by Gasteiger charge is -2.04. The first-order chi connectivity index (χ1) is 10.1. The number of amides is 1. The van der Waals surface area contributed by atoms with Crippen LogP contribution < -0.4 is 5.32 Å². The van der Waals surface area contributed by atoms with Gasteiger partial charge in [-0.05, 0) is 37.1 Å². The fourth-order valence-corrected chi connectivity index (χ4v) is 2.70. The number of halogens is 1. The topological polar surface area (TPSA) is 73.6 Å². The smallest absolute Gasteiger partial charge is 0.254 e. The molecule has 0 atom stereocenters. The summed E-state index contributed by atoms with van der Waals surface area (Å²) in [5, 5.41) is 10.7. The van der Waals surface area contributed by atoms with Crippen LogP contribution in [-0.2, 0) is 6.42 Å². The van der Waals surface area contributed by atoms with Crippen LogP contribution in [-0.4, -0.2) is 27.6 Å². The van der Waals surface area contributed by atoms with Gasteiger partial charge in [0.1, 0.15) is 0 Å². The van der Waals surface area contributed by atoms with Crippen LogP contribution in [0.3, 0.4) is 0 Å². The van der Waals surface area contributed by atoms with Crippen molar-refractivity contribution in [1.82, 2.24) is 20.5 Å². The zero-order chi connectivity index (χ0) is 14.8. The predicted molar refractivity (Wildman–Crippen MR) is 85.4 cm³/mol. The molecular weight excluding hydrogens is 332 g/mol. The van der Waals surface area contributed by atoms with Crippen molar-refractivity contribution in [3.63, 3.8) is 0 Å². The molecule has 0 aliphatic rings. The number of nitrogens with zero attached hydrogens (tertiary/aromatic N) is 1. The molecule has 0 aliphatic heterocycles. The van der Waals surface area contributed by atoms with Gasteiger partial charge in [-0.15, -0.1) is 0 Å². The second-order valence-corrected chi connectivity index (χ2v) is 5.83. The Morgan fingerprint density at radius 3 is 3.05 bits per heavy atom. The summed E-state index contributed by atoms with van der Waals surface area (Å²) < 4.78 is 1.05. The molecule has 1 amide bonds. The number of aromatic nitrogens is 3. The minimum atomic E-state index is -0.0951. The summed E-state index contributed by atoms with van der Waals surface area (Å²) in [7, 11) is 0. The summed E-state index contributed by atoms with van der Waals surface area (Å²) in [5.41, 5.74) is 3.67. The van der Waals surface area contributed by atoms with Gasteiger partial charge in [0.15, 0.2) is 0 Å². The molecular formula is C15H15BrN4O. The second-order valence-electron chi connectivity index (χ2n) is 4.92. The summed E-state index contributed by atoms with van der Waals surface area (Å²) in [6.45, 7) is 2.42. The van der Waals surface area contributed by atoms with Gasteiger partial charge >= 0.3 is 0 Å². The van der Waals surface area contributed by atoms with Crippen molar-refractivity contribution in [2.75, 3.05) is 6.54 Å². The highest BCUT2D eigenvalue weighted by Crippen LogP contribution is 2.22. The number of fused-ring (bicyclic) bond motifs is 1. The van der Waals surface area contributed by atoms with Crippen LogP contribution in [0, 0.1) is 6.92 Å². The first-order valence-electron chi connectivity index (χ1n) is 6.69. The maximum Gasteiger partial charge on any atom is 0.254 e. The van der Waals surface area contributed by atoms with Crippen LogP contribution in [0.4, 0.5) is 0 Å². The number of hydrogen-bond acceptors (Lipinski definition) is 2. The molecule has 21 heavy (non-hydrogen) atoms. The lowest BCUT2D eigenvalue weighted by Crippen LogP contribution is -2.25. The first-order valence-corrected chi connectivity index (χ1v) is 7.48. The van der Waals surface area contributed by atoms with E-state index in [1.807, 2.05) is 25.3 Å². The van der Waals surface area contributed by atoms with Gasteiger partial charge in [-0.2, -0.15) is 5.10 Å². The normalized spacial score (nSPS) is 11.0. The number of carbonyl (C=O) groups is 1. The molecule has 5 nitrogen and oxygen atoms in total. The third-order valence-electron chi connectivity index (χ3n) is 3.48. The highest BCUT2D eigenvalue weighted by Gasteiger charge is 2.10. The molecule has 0 radical (unpaired) electrons. The molecule has 0 bridgehead atoms. The Bertz CT molecular complexity index is 790. The van der Waals surface area contributed by atoms with Crippen LogP contribution in [0.15, 0.2) is 35.1 Å². The Kier molecular flexibility index (Phi) is 3.79. The zero-order valence-corrected chi connectivity index (χ0v) is 13.1. The quantitative estimate of drug-likeness (QED) is 0.679. The fraction of sp³-hybridized carbons (Fsp3) is 0.200. The maximum atomic E-state index is 12.0. The standard InChI is InChI=1S/C15H15BrN4O/c1-9-13(8-19-20-9)15(21)17-5-4-10-7-18-14-3-2-11(16)6-12(10)14/h2-3,6-8,18H,4-5H2,1H3,(H,17,21)(H,19,20). The van der Waals surface area contributed by atoms with Crippen molar-refractivity contribution in [3.8, 4) is 0 Å². The van der Waals surface area contributed by atoms with E-state index in [0.717, 1.165) is 22.1 Å². The molecule has 0 saturated heterocycles. The SMILES string of the molecule is Cc1[nH]ncc1C(=O)NCCc1c[nH]c2ccc(Br)cc12. The molecule has 3 rings (SSSR count). The number of H-pyrrole nitrogens is 2. The van der Waals surface area contributed by atoms with Crippen LogP contribution in [0.5, 0.6) is 0 Å². The lowest BCUT2D eigenvalue weighted by atomic mass is 10.1. The van der Waals surface area contributed by atoms with Crippen LogP contribution in [0.2, 0.25) is 0 Å². The molecule has 3 aromatic rings. The maximum absolute atomic E-state index is 12.0. The third kappa shape index (κ3) is 2.85. The van der Waals surface area contributed by atoms with Crippen molar-refractivity contribution in [2.45, 2.75) is 13.3 Å². The Morgan fingerprint density at radius 1 is 1.43 bits per heavy atom. The molecule has 6 heteroatoms. The van der Waals surface area contributed by atoms with Gasteiger partial charge in [-0.1, -0.05) is 15.9 Å². The van der Waals surface area contributed by atoms with Crippen LogP contribution in [0.25, 0.3) is 10.9 Å². The number of aromatic amines is 2. The Hall–Kier alpha value is -2.08. The molecule has 1 aromatic carbocycles. The molecule has 0 unspecified atom stereocenters. The van der Waals surface area contributed by atoms with Gasteiger partial charge in [0.25, 0.3) is 5.91 Å². The summed E-state index contributed by atoms with van der Waals surface area (Å²) in [6.07, 6.45) is 4.32. The number of rotatable bonds is 4. The van der Waals surface area contributed by atoms with E-state index in [9.17, 15) is 4.79 Å². The molecule has 0 aliphatic carbocycles. The van der Waals surface area contributed by atoms with E-state index in [-0.39, 0.29) is 5.91 Å². The van der Waals surface area contributed by atoms with Gasteiger partial charge in [-0.25, -0.2) is 0 Å². The lowest BCUT2D eigenvalue weighted by molar-refractivity contribution is 0.0953. The Balaban J connectivity index is 1.66. The number of nitrogens with one attached hydrogen (secondary N) is 3. The molecule has 108 valence electrons. The van der Waals surface area contributed by atoms with Gasteiger partial charge < -0.3 is 10.3 Å². The van der Waals surface area contributed by atoms with Crippen LogP contribution >= 0.6 is 15.9 Å². The molecule has 2 heterocycles. The zero-order valence-electron chi connectivity index (χ0n) is 11.5. The van der Waals surface area contributed by atoms with E-state index in [2.05, 4.69) is 42.5 Å². The Morgan fingerprint density at radius 2 is 2.29 bits per heavy atom. The van der Waals surface area contributed by atoms with Crippen molar-refractivity contribution in [1.29, 1.82) is 0 Å². The molecule has 0 fully saturated rings. The third-order valence-corrected chi connectivity index (χ3v) is 3.98. The van der Waals surface area contributed by atoms with E-state index in [1.165, 1.54) is 10.9 Å². The minimum Gasteiger partial charge on any atom is -0.361 e. The highest BCUT2D eigenvalue weighted by molar-refractivity contribution is 9.10. The van der Waals surface area contributed by atoms with Gasteiger partial charge in [0, 0.05) is 33.8 Å². The van der Waals surface area contributed by atoms with Crippen molar-refractivity contribution in [2.24, 2.45) is 0 Å². The molecule has 0 saturated carbocycles. The van der Waals surface area contributed by atoms with Gasteiger partial charge in [-0.3, -0.25) is 9.89 Å². The number of carbonyl (C=O) groups excluding carboxylic acids is 1. The van der Waals surface area contributed by atoms with E-state index in [1.54, 1.807) is 6.20 Å². The average molecular weight is 347 g/mol.